The van der Waals surface area contributed by atoms with Crippen molar-refractivity contribution in [1.29, 1.82) is 0 Å². The summed E-state index contributed by atoms with van der Waals surface area (Å²) in [6.45, 7) is 2.94. The predicted molar refractivity (Wildman–Crippen MR) is 128 cm³/mol. The van der Waals surface area contributed by atoms with E-state index in [0.29, 0.717) is 76.4 Å². The molecule has 2 aliphatic heterocycles. The minimum atomic E-state index is -1.16. The van der Waals surface area contributed by atoms with Crippen molar-refractivity contribution in [1.82, 2.24) is 9.80 Å². The van der Waals surface area contributed by atoms with Crippen LogP contribution in [-0.2, 0) is 14.3 Å². The molecule has 1 aliphatic carbocycles. The lowest BCUT2D eigenvalue weighted by atomic mass is 10.0. The number of ether oxygens (including phenoxy) is 2. The Morgan fingerprint density at radius 1 is 0.886 bits per heavy atom. The highest BCUT2D eigenvalue weighted by Crippen LogP contribution is 2.37. The Kier molecular flexibility index (Phi) is 6.58. The smallest absolute Gasteiger partial charge is 0.314 e. The van der Waals surface area contributed by atoms with E-state index >= 15 is 0 Å². The molecule has 0 aromatic heterocycles. The van der Waals surface area contributed by atoms with Crippen LogP contribution in [0.15, 0.2) is 48.5 Å². The molecule has 0 radical (unpaired) electrons. The van der Waals surface area contributed by atoms with Crippen molar-refractivity contribution in [2.75, 3.05) is 39.4 Å². The number of hydrogen-bond acceptors (Lipinski definition) is 6. The predicted octanol–water partition coefficient (Wildman–Crippen LogP) is 2.49. The van der Waals surface area contributed by atoms with Crippen molar-refractivity contribution in [3.05, 3.63) is 54.1 Å². The van der Waals surface area contributed by atoms with Gasteiger partial charge in [-0.2, -0.15) is 0 Å². The monoisotopic (exact) mass is 478 g/mol. The van der Waals surface area contributed by atoms with Crippen LogP contribution in [-0.4, -0.2) is 77.7 Å². The van der Waals surface area contributed by atoms with Gasteiger partial charge in [0, 0.05) is 45.0 Å². The number of rotatable bonds is 5. The summed E-state index contributed by atoms with van der Waals surface area (Å²) in [5.41, 5.74) is 1.23. The molecule has 5 rings (SSSR count). The Morgan fingerprint density at radius 3 is 2.20 bits per heavy atom. The molecule has 0 unspecified atom stereocenters. The van der Waals surface area contributed by atoms with Crippen molar-refractivity contribution in [3.8, 4) is 16.9 Å². The highest BCUT2D eigenvalue weighted by atomic mass is 16.5. The van der Waals surface area contributed by atoms with Crippen molar-refractivity contribution >= 4 is 17.8 Å². The standard InChI is InChI=1S/C27H30N2O6/c30-24(28-12-14-29(15-13-28)26(32)27(33)10-11-27)20-6-4-19(5-7-20)22-2-1-3-23(18-22)35-25(31)21-8-16-34-17-9-21/h1-7,18,21,33H,8-17H2. The molecule has 3 fully saturated rings. The molecule has 184 valence electrons. The maximum absolute atomic E-state index is 13.0. The first kappa shape index (κ1) is 23.5. The molecular weight excluding hydrogens is 448 g/mol. The Bertz CT molecular complexity index is 1100. The summed E-state index contributed by atoms with van der Waals surface area (Å²) in [5.74, 6) is -0.138. The average Bonchev–Trinajstić information content (AvgIpc) is 3.67. The summed E-state index contributed by atoms with van der Waals surface area (Å²) in [4.78, 5) is 41.1. The second kappa shape index (κ2) is 9.79. The largest absolute Gasteiger partial charge is 0.426 e. The highest BCUT2D eigenvalue weighted by molar-refractivity contribution is 5.95. The number of nitrogens with zero attached hydrogens (tertiary/aromatic N) is 2. The molecule has 8 heteroatoms. The lowest BCUT2D eigenvalue weighted by Gasteiger charge is -2.35. The fourth-order valence-electron chi connectivity index (χ4n) is 4.60. The Morgan fingerprint density at radius 2 is 1.54 bits per heavy atom. The van der Waals surface area contributed by atoms with Crippen LogP contribution in [0, 0.1) is 5.92 Å². The SMILES string of the molecule is O=C(Oc1cccc(-c2ccc(C(=O)N3CCN(C(=O)C4(O)CC4)CC3)cc2)c1)C1CCOCC1. The van der Waals surface area contributed by atoms with Gasteiger partial charge in [0.2, 0.25) is 0 Å². The first-order chi connectivity index (χ1) is 16.9. The van der Waals surface area contributed by atoms with Crippen LogP contribution in [0.3, 0.4) is 0 Å². The fraction of sp³-hybridized carbons (Fsp3) is 0.444. The first-order valence-corrected chi connectivity index (χ1v) is 12.2. The van der Waals surface area contributed by atoms with Crippen LogP contribution in [0.25, 0.3) is 11.1 Å². The minimum Gasteiger partial charge on any atom is -0.426 e. The number of aliphatic hydroxyl groups is 1. The maximum Gasteiger partial charge on any atom is 0.314 e. The molecule has 1 saturated carbocycles. The normalized spacial score (nSPS) is 19.8. The molecule has 2 heterocycles. The fourth-order valence-corrected chi connectivity index (χ4v) is 4.60. The molecule has 2 aromatic carbocycles. The van der Waals surface area contributed by atoms with Crippen molar-refractivity contribution < 1.29 is 29.0 Å². The lowest BCUT2D eigenvalue weighted by molar-refractivity contribution is -0.144. The van der Waals surface area contributed by atoms with E-state index in [1.807, 2.05) is 30.3 Å². The minimum absolute atomic E-state index is 0.0760. The summed E-state index contributed by atoms with van der Waals surface area (Å²) in [6, 6.07) is 14.7. The summed E-state index contributed by atoms with van der Waals surface area (Å²) in [5, 5.41) is 10.0. The van der Waals surface area contributed by atoms with Gasteiger partial charge in [0.25, 0.3) is 11.8 Å². The third-order valence-electron chi connectivity index (χ3n) is 7.05. The van der Waals surface area contributed by atoms with Crippen molar-refractivity contribution in [2.45, 2.75) is 31.3 Å². The van der Waals surface area contributed by atoms with Crippen LogP contribution in [0.4, 0.5) is 0 Å². The zero-order chi connectivity index (χ0) is 24.4. The van der Waals surface area contributed by atoms with Gasteiger partial charge in [-0.05, 0) is 61.1 Å². The number of benzene rings is 2. The molecule has 35 heavy (non-hydrogen) atoms. The molecule has 0 spiro atoms. The second-order valence-electron chi connectivity index (χ2n) is 9.53. The topological polar surface area (TPSA) is 96.4 Å². The van der Waals surface area contributed by atoms with E-state index in [9.17, 15) is 19.5 Å². The zero-order valence-corrected chi connectivity index (χ0v) is 19.7. The molecule has 0 bridgehead atoms. The maximum atomic E-state index is 13.0. The van der Waals surface area contributed by atoms with Crippen LogP contribution >= 0.6 is 0 Å². The van der Waals surface area contributed by atoms with E-state index in [-0.39, 0.29) is 23.7 Å². The van der Waals surface area contributed by atoms with Crippen LogP contribution < -0.4 is 4.74 Å². The van der Waals surface area contributed by atoms with Crippen molar-refractivity contribution in [3.63, 3.8) is 0 Å². The van der Waals surface area contributed by atoms with Gasteiger partial charge in [-0.3, -0.25) is 14.4 Å². The summed E-state index contributed by atoms with van der Waals surface area (Å²) >= 11 is 0. The Balaban J connectivity index is 1.19. The van der Waals surface area contributed by atoms with E-state index in [0.717, 1.165) is 11.1 Å². The van der Waals surface area contributed by atoms with Crippen LogP contribution in [0.1, 0.15) is 36.0 Å². The number of hydrogen-bond donors (Lipinski definition) is 1. The molecule has 2 aromatic rings. The number of carbonyl (C=O) groups is 3. The van der Waals surface area contributed by atoms with Crippen LogP contribution in [0.5, 0.6) is 5.75 Å². The van der Waals surface area contributed by atoms with Crippen LogP contribution in [0.2, 0.25) is 0 Å². The van der Waals surface area contributed by atoms with Gasteiger partial charge in [-0.1, -0.05) is 24.3 Å². The van der Waals surface area contributed by atoms with Crippen molar-refractivity contribution in [2.24, 2.45) is 5.92 Å². The number of carbonyl (C=O) groups excluding carboxylic acids is 3. The quantitative estimate of drug-likeness (QED) is 0.524. The second-order valence-corrected chi connectivity index (χ2v) is 9.53. The van der Waals surface area contributed by atoms with Gasteiger partial charge in [0.1, 0.15) is 11.4 Å². The first-order valence-electron chi connectivity index (χ1n) is 12.2. The Hall–Kier alpha value is -3.23. The van der Waals surface area contributed by atoms with Gasteiger partial charge in [0.05, 0.1) is 5.92 Å². The highest BCUT2D eigenvalue weighted by Gasteiger charge is 2.50. The number of piperazine rings is 1. The molecule has 3 aliphatic rings. The van der Waals surface area contributed by atoms with E-state index in [4.69, 9.17) is 9.47 Å². The van der Waals surface area contributed by atoms with E-state index in [1.54, 1.807) is 28.0 Å². The van der Waals surface area contributed by atoms with E-state index < -0.39 is 5.60 Å². The van der Waals surface area contributed by atoms with E-state index in [1.165, 1.54) is 0 Å². The molecule has 2 amide bonds. The van der Waals surface area contributed by atoms with E-state index in [2.05, 4.69) is 0 Å². The number of esters is 1. The third kappa shape index (κ3) is 5.23. The summed E-state index contributed by atoms with van der Waals surface area (Å²) in [7, 11) is 0. The zero-order valence-electron chi connectivity index (χ0n) is 19.7. The number of amides is 2. The third-order valence-corrected chi connectivity index (χ3v) is 7.05. The Labute approximate surface area is 204 Å². The van der Waals surface area contributed by atoms with Gasteiger partial charge in [-0.15, -0.1) is 0 Å². The summed E-state index contributed by atoms with van der Waals surface area (Å²) in [6.07, 6.45) is 2.42. The molecule has 2 saturated heterocycles. The average molecular weight is 479 g/mol. The molecule has 1 N–H and O–H groups in total. The van der Waals surface area contributed by atoms with Gasteiger partial charge in [0.15, 0.2) is 0 Å². The summed E-state index contributed by atoms with van der Waals surface area (Å²) < 4.78 is 10.9. The van der Waals surface area contributed by atoms with Gasteiger partial charge in [-0.25, -0.2) is 0 Å². The molecule has 0 atom stereocenters. The van der Waals surface area contributed by atoms with Gasteiger partial charge < -0.3 is 24.4 Å². The molecule has 8 nitrogen and oxygen atoms in total. The van der Waals surface area contributed by atoms with Gasteiger partial charge >= 0.3 is 5.97 Å². The molecular formula is C27H30N2O6. The lowest BCUT2D eigenvalue weighted by Crippen LogP contribution is -2.53.